The van der Waals surface area contributed by atoms with Crippen LogP contribution in [-0.2, 0) is 12.8 Å². The fraction of sp³-hybridized carbons (Fsp3) is 0.235. The van der Waals surface area contributed by atoms with Crippen molar-refractivity contribution < 1.29 is 13.2 Å². The van der Waals surface area contributed by atoms with Gasteiger partial charge in [-0.1, -0.05) is 6.07 Å². The number of thiazole rings is 1. The Morgan fingerprint density at radius 2 is 1.75 bits per heavy atom. The highest BCUT2D eigenvalue weighted by molar-refractivity contribution is 7.18. The average molecular weight is 347 g/mol. The van der Waals surface area contributed by atoms with Crippen molar-refractivity contribution in [2.75, 3.05) is 0 Å². The van der Waals surface area contributed by atoms with Gasteiger partial charge in [0.2, 0.25) is 0 Å². The Hall–Kier alpha value is -2.46. The van der Waals surface area contributed by atoms with Gasteiger partial charge >= 0.3 is 0 Å². The number of rotatable bonds is 3. The molecule has 0 unspecified atom stereocenters. The van der Waals surface area contributed by atoms with Crippen molar-refractivity contribution in [3.63, 3.8) is 0 Å². The zero-order valence-electron chi connectivity index (χ0n) is 13.0. The Bertz CT molecular complexity index is 989. The standard InChI is InChI=1S/C17H12F3N3S/c1-8-10(3-4-21)5-11(9(2)22-8)6-14-23-16-15(20)12(18)7-13(19)17(16)24-14/h5,7H,3,6H2,1-2H3. The first-order valence-corrected chi connectivity index (χ1v) is 7.98. The molecule has 3 nitrogen and oxygen atoms in total. The smallest absolute Gasteiger partial charge is 0.186 e. The average Bonchev–Trinajstić information content (AvgIpc) is 2.94. The second-order valence-electron chi connectivity index (χ2n) is 5.43. The van der Waals surface area contributed by atoms with Crippen LogP contribution >= 0.6 is 11.3 Å². The summed E-state index contributed by atoms with van der Waals surface area (Å²) in [5.41, 5.74) is 2.89. The predicted molar refractivity (Wildman–Crippen MR) is 85.3 cm³/mol. The third kappa shape index (κ3) is 2.85. The molecule has 0 fully saturated rings. The number of fused-ring (bicyclic) bond motifs is 1. The van der Waals surface area contributed by atoms with Crippen LogP contribution < -0.4 is 0 Å². The lowest BCUT2D eigenvalue weighted by molar-refractivity contribution is 0.504. The van der Waals surface area contributed by atoms with Gasteiger partial charge in [0.05, 0.1) is 22.2 Å². The Morgan fingerprint density at radius 1 is 1.04 bits per heavy atom. The number of aromatic nitrogens is 2. The van der Waals surface area contributed by atoms with Crippen molar-refractivity contribution in [2.24, 2.45) is 0 Å². The fourth-order valence-corrected chi connectivity index (χ4v) is 3.51. The van der Waals surface area contributed by atoms with Crippen LogP contribution in [0.15, 0.2) is 12.1 Å². The molecule has 2 aromatic heterocycles. The molecular formula is C17H12F3N3S. The third-order valence-electron chi connectivity index (χ3n) is 3.78. The van der Waals surface area contributed by atoms with Crippen LogP contribution in [0.4, 0.5) is 13.2 Å². The van der Waals surface area contributed by atoms with Gasteiger partial charge in [-0.3, -0.25) is 4.98 Å². The molecule has 24 heavy (non-hydrogen) atoms. The Balaban J connectivity index is 2.05. The van der Waals surface area contributed by atoms with E-state index in [2.05, 4.69) is 16.0 Å². The minimum Gasteiger partial charge on any atom is -0.258 e. The summed E-state index contributed by atoms with van der Waals surface area (Å²) in [7, 11) is 0. The molecule has 1 aromatic carbocycles. The van der Waals surface area contributed by atoms with Crippen LogP contribution in [0.5, 0.6) is 0 Å². The van der Waals surface area contributed by atoms with Gasteiger partial charge in [-0.25, -0.2) is 18.2 Å². The molecule has 0 saturated carbocycles. The highest BCUT2D eigenvalue weighted by Crippen LogP contribution is 2.30. The monoisotopic (exact) mass is 347 g/mol. The van der Waals surface area contributed by atoms with E-state index in [4.69, 9.17) is 5.26 Å². The van der Waals surface area contributed by atoms with E-state index in [9.17, 15) is 13.2 Å². The minimum atomic E-state index is -1.25. The second kappa shape index (κ2) is 6.21. The van der Waals surface area contributed by atoms with Gasteiger partial charge in [0.15, 0.2) is 11.6 Å². The molecule has 0 aliphatic rings. The van der Waals surface area contributed by atoms with Crippen LogP contribution in [0.1, 0.15) is 27.5 Å². The number of halogens is 3. The van der Waals surface area contributed by atoms with E-state index in [1.165, 1.54) is 0 Å². The second-order valence-corrected chi connectivity index (χ2v) is 6.51. The van der Waals surface area contributed by atoms with Crippen molar-refractivity contribution in [1.29, 1.82) is 5.26 Å². The van der Waals surface area contributed by atoms with Gasteiger partial charge in [-0.05, 0) is 25.0 Å². The van der Waals surface area contributed by atoms with Gasteiger partial charge in [-0.2, -0.15) is 5.26 Å². The molecule has 3 aromatic rings. The fourth-order valence-electron chi connectivity index (χ4n) is 2.52. The lowest BCUT2D eigenvalue weighted by Gasteiger charge is -2.08. The SMILES string of the molecule is Cc1nc(C)c(Cc2nc3c(F)c(F)cc(F)c3s2)cc1CC#N. The number of aryl methyl sites for hydroxylation is 2. The normalized spacial score (nSPS) is 11.0. The predicted octanol–water partition coefficient (Wildman–Crippen LogP) is 4.38. The number of nitriles is 1. The summed E-state index contributed by atoms with van der Waals surface area (Å²) >= 11 is 0.988. The molecule has 0 amide bonds. The van der Waals surface area contributed by atoms with Crippen LogP contribution in [0.2, 0.25) is 0 Å². The van der Waals surface area contributed by atoms with Crippen LogP contribution in [0.3, 0.4) is 0 Å². The zero-order chi connectivity index (χ0) is 17.4. The molecule has 0 aliphatic carbocycles. The van der Waals surface area contributed by atoms with Gasteiger partial charge in [0.1, 0.15) is 11.3 Å². The molecule has 0 radical (unpaired) electrons. The maximum Gasteiger partial charge on any atom is 0.186 e. The van der Waals surface area contributed by atoms with E-state index >= 15 is 0 Å². The maximum atomic E-state index is 13.8. The minimum absolute atomic E-state index is 0.00104. The summed E-state index contributed by atoms with van der Waals surface area (Å²) in [6, 6.07) is 4.48. The number of hydrogen-bond donors (Lipinski definition) is 0. The third-order valence-corrected chi connectivity index (χ3v) is 4.85. The quantitative estimate of drug-likeness (QED) is 0.661. The summed E-state index contributed by atoms with van der Waals surface area (Å²) in [4.78, 5) is 8.45. The van der Waals surface area contributed by atoms with Crippen molar-refractivity contribution in [3.05, 3.63) is 57.1 Å². The largest absolute Gasteiger partial charge is 0.258 e. The summed E-state index contributed by atoms with van der Waals surface area (Å²) < 4.78 is 40.9. The van der Waals surface area contributed by atoms with E-state index < -0.39 is 17.5 Å². The summed E-state index contributed by atoms with van der Waals surface area (Å²) in [5, 5.41) is 9.33. The summed E-state index contributed by atoms with van der Waals surface area (Å²) in [6.45, 7) is 3.65. The summed E-state index contributed by atoms with van der Waals surface area (Å²) in [5.74, 6) is -3.21. The number of pyridine rings is 1. The highest BCUT2D eigenvalue weighted by Gasteiger charge is 2.18. The lowest BCUT2D eigenvalue weighted by Crippen LogP contribution is -2.01. The van der Waals surface area contributed by atoms with Crippen LogP contribution in [0, 0.1) is 42.6 Å². The molecule has 0 atom stereocenters. The van der Waals surface area contributed by atoms with Crippen LogP contribution in [-0.4, -0.2) is 9.97 Å². The molecule has 7 heteroatoms. The van der Waals surface area contributed by atoms with Gasteiger partial charge < -0.3 is 0 Å². The maximum absolute atomic E-state index is 13.8. The number of benzene rings is 1. The Labute approximate surface area is 140 Å². The highest BCUT2D eigenvalue weighted by atomic mass is 32.1. The van der Waals surface area contributed by atoms with Crippen LogP contribution in [0.25, 0.3) is 10.2 Å². The van der Waals surface area contributed by atoms with Gasteiger partial charge in [0.25, 0.3) is 0 Å². The first kappa shape index (κ1) is 16.4. The van der Waals surface area contributed by atoms with Crippen molar-refractivity contribution in [3.8, 4) is 6.07 Å². The van der Waals surface area contributed by atoms with Crippen molar-refractivity contribution in [2.45, 2.75) is 26.7 Å². The molecule has 0 bridgehead atoms. The zero-order valence-corrected chi connectivity index (χ0v) is 13.8. The Kier molecular flexibility index (Phi) is 4.24. The Morgan fingerprint density at radius 3 is 2.46 bits per heavy atom. The van der Waals surface area contributed by atoms with Crippen molar-refractivity contribution in [1.82, 2.24) is 9.97 Å². The molecule has 0 spiro atoms. The van der Waals surface area contributed by atoms with E-state index in [1.54, 1.807) is 0 Å². The molecule has 3 rings (SSSR count). The van der Waals surface area contributed by atoms with E-state index in [0.717, 1.165) is 33.9 Å². The van der Waals surface area contributed by atoms with E-state index in [-0.39, 0.29) is 16.6 Å². The first-order valence-electron chi connectivity index (χ1n) is 7.16. The number of nitrogens with zero attached hydrogens (tertiary/aromatic N) is 3. The topological polar surface area (TPSA) is 49.6 Å². The molecule has 0 saturated heterocycles. The number of hydrogen-bond acceptors (Lipinski definition) is 4. The van der Waals surface area contributed by atoms with E-state index in [1.807, 2.05) is 19.9 Å². The van der Waals surface area contributed by atoms with Gasteiger partial charge in [-0.15, -0.1) is 11.3 Å². The molecular weight excluding hydrogens is 335 g/mol. The summed E-state index contributed by atoms with van der Waals surface area (Å²) in [6.07, 6.45) is 0.553. The molecule has 2 heterocycles. The van der Waals surface area contributed by atoms with Gasteiger partial charge in [0, 0.05) is 23.9 Å². The lowest BCUT2D eigenvalue weighted by atomic mass is 10.0. The molecule has 0 aliphatic heterocycles. The molecule has 0 N–H and O–H groups in total. The molecule has 122 valence electrons. The van der Waals surface area contributed by atoms with E-state index in [0.29, 0.717) is 17.5 Å². The van der Waals surface area contributed by atoms with Crippen molar-refractivity contribution >= 4 is 21.6 Å². The first-order chi connectivity index (χ1) is 11.4.